The number of hydrogen-bond donors (Lipinski definition) is 1. The summed E-state index contributed by atoms with van der Waals surface area (Å²) in [6, 6.07) is 6.91. The summed E-state index contributed by atoms with van der Waals surface area (Å²) in [7, 11) is 3.36. The van der Waals surface area contributed by atoms with E-state index < -0.39 is 12.0 Å². The molecule has 0 unspecified atom stereocenters. The van der Waals surface area contributed by atoms with E-state index in [2.05, 4.69) is 5.32 Å². The number of nitrogens with one attached hydrogen (secondary N) is 1. The zero-order valence-corrected chi connectivity index (χ0v) is 14.8. The van der Waals surface area contributed by atoms with Crippen LogP contribution in [0.2, 0.25) is 5.02 Å². The summed E-state index contributed by atoms with van der Waals surface area (Å²) in [5, 5.41) is 4.25. The summed E-state index contributed by atoms with van der Waals surface area (Å²) in [5.41, 5.74) is 2.01. The van der Waals surface area contributed by atoms with Crippen LogP contribution in [0.25, 0.3) is 0 Å². The number of halogens is 1. The second-order valence-corrected chi connectivity index (χ2v) is 5.88. The topological polar surface area (TPSA) is 50.8 Å². The number of benzene rings is 1. The van der Waals surface area contributed by atoms with Gasteiger partial charge in [-0.2, -0.15) is 0 Å². The number of rotatable bonds is 5. The van der Waals surface area contributed by atoms with Crippen molar-refractivity contribution in [2.24, 2.45) is 0 Å². The molecule has 0 saturated heterocycles. The Labute approximate surface area is 146 Å². The van der Waals surface area contributed by atoms with Crippen LogP contribution in [-0.2, 0) is 14.3 Å². The maximum absolute atomic E-state index is 12.5. The first-order valence-corrected chi connectivity index (χ1v) is 7.91. The Morgan fingerprint density at radius 3 is 2.74 bits per heavy atom. The Hall–Kier alpha value is -1.63. The summed E-state index contributed by atoms with van der Waals surface area (Å²) >= 11 is 11.6. The van der Waals surface area contributed by atoms with Crippen molar-refractivity contribution in [1.29, 1.82) is 0 Å². The normalized spacial score (nSPS) is 18.0. The van der Waals surface area contributed by atoms with E-state index >= 15 is 0 Å². The van der Waals surface area contributed by atoms with Crippen molar-refractivity contribution in [2.75, 3.05) is 27.4 Å². The zero-order valence-electron chi connectivity index (χ0n) is 13.3. The first-order valence-electron chi connectivity index (χ1n) is 7.12. The van der Waals surface area contributed by atoms with E-state index in [1.807, 2.05) is 25.1 Å². The summed E-state index contributed by atoms with van der Waals surface area (Å²) in [6.45, 7) is 2.37. The molecule has 1 aromatic rings. The SMILES string of the molecule is COCCOC(=O)C1=C(C)N(C)C(=S)N[C@@H]1c1ccccc1Cl. The van der Waals surface area contributed by atoms with Gasteiger partial charge in [-0.3, -0.25) is 0 Å². The average Bonchev–Trinajstić information content (AvgIpc) is 2.53. The number of thiocarbonyl (C=S) groups is 1. The monoisotopic (exact) mass is 354 g/mol. The van der Waals surface area contributed by atoms with Gasteiger partial charge in [0.25, 0.3) is 0 Å². The Kier molecular flexibility index (Phi) is 5.98. The van der Waals surface area contributed by atoms with Gasteiger partial charge in [0, 0.05) is 24.9 Å². The molecule has 0 saturated carbocycles. The summed E-state index contributed by atoms with van der Waals surface area (Å²) < 4.78 is 10.2. The van der Waals surface area contributed by atoms with Crippen LogP contribution in [0.3, 0.4) is 0 Å². The van der Waals surface area contributed by atoms with E-state index in [1.165, 1.54) is 0 Å². The average molecular weight is 355 g/mol. The third-order valence-corrected chi connectivity index (χ3v) is 4.45. The molecular weight excluding hydrogens is 336 g/mol. The molecule has 0 amide bonds. The zero-order chi connectivity index (χ0) is 17.0. The first-order chi connectivity index (χ1) is 11.0. The maximum atomic E-state index is 12.5. The highest BCUT2D eigenvalue weighted by atomic mass is 35.5. The van der Waals surface area contributed by atoms with Gasteiger partial charge >= 0.3 is 5.97 Å². The van der Waals surface area contributed by atoms with Gasteiger partial charge in [-0.15, -0.1) is 0 Å². The molecule has 23 heavy (non-hydrogen) atoms. The Bertz CT molecular complexity index is 648. The highest BCUT2D eigenvalue weighted by molar-refractivity contribution is 7.80. The van der Waals surface area contributed by atoms with Crippen LogP contribution in [0.1, 0.15) is 18.5 Å². The van der Waals surface area contributed by atoms with E-state index in [1.54, 1.807) is 25.1 Å². The maximum Gasteiger partial charge on any atom is 0.338 e. The molecule has 0 radical (unpaired) electrons. The smallest absolute Gasteiger partial charge is 0.338 e. The predicted octanol–water partition coefficient (Wildman–Crippen LogP) is 2.66. The van der Waals surface area contributed by atoms with Gasteiger partial charge in [-0.25, -0.2) is 4.79 Å². The van der Waals surface area contributed by atoms with Crippen molar-refractivity contribution in [2.45, 2.75) is 13.0 Å². The van der Waals surface area contributed by atoms with Crippen molar-refractivity contribution in [3.63, 3.8) is 0 Å². The second kappa shape index (κ2) is 7.77. The summed E-state index contributed by atoms with van der Waals surface area (Å²) in [6.07, 6.45) is 0. The van der Waals surface area contributed by atoms with E-state index in [-0.39, 0.29) is 6.61 Å². The van der Waals surface area contributed by atoms with E-state index in [0.717, 1.165) is 11.3 Å². The van der Waals surface area contributed by atoms with Crippen molar-refractivity contribution in [3.05, 3.63) is 46.1 Å². The summed E-state index contributed by atoms with van der Waals surface area (Å²) in [5.74, 6) is -0.411. The van der Waals surface area contributed by atoms with Gasteiger partial charge in [0.1, 0.15) is 6.61 Å². The lowest BCUT2D eigenvalue weighted by Gasteiger charge is -2.35. The van der Waals surface area contributed by atoms with E-state index in [9.17, 15) is 4.79 Å². The van der Waals surface area contributed by atoms with Crippen LogP contribution < -0.4 is 5.32 Å². The van der Waals surface area contributed by atoms with Crippen LogP contribution >= 0.6 is 23.8 Å². The molecule has 7 heteroatoms. The van der Waals surface area contributed by atoms with Crippen LogP contribution in [0.15, 0.2) is 35.5 Å². The number of carbonyl (C=O) groups is 1. The van der Waals surface area contributed by atoms with Crippen molar-refractivity contribution in [1.82, 2.24) is 10.2 Å². The van der Waals surface area contributed by atoms with E-state index in [0.29, 0.717) is 22.3 Å². The molecule has 2 rings (SSSR count). The van der Waals surface area contributed by atoms with Crippen LogP contribution in [0.4, 0.5) is 0 Å². The minimum absolute atomic E-state index is 0.190. The minimum Gasteiger partial charge on any atom is -0.460 e. The van der Waals surface area contributed by atoms with Gasteiger partial charge in [-0.1, -0.05) is 29.8 Å². The van der Waals surface area contributed by atoms with Crippen LogP contribution in [0, 0.1) is 0 Å². The third-order valence-electron chi connectivity index (χ3n) is 3.71. The van der Waals surface area contributed by atoms with E-state index in [4.69, 9.17) is 33.3 Å². The Morgan fingerprint density at radius 2 is 2.09 bits per heavy atom. The molecule has 1 aliphatic rings. The number of methoxy groups -OCH3 is 1. The number of carbonyl (C=O) groups excluding carboxylic acids is 1. The fourth-order valence-electron chi connectivity index (χ4n) is 2.34. The fraction of sp³-hybridized carbons (Fsp3) is 0.375. The van der Waals surface area contributed by atoms with Crippen molar-refractivity contribution in [3.8, 4) is 0 Å². The first kappa shape index (κ1) is 17.7. The minimum atomic E-state index is -0.442. The number of nitrogens with zero attached hydrogens (tertiary/aromatic N) is 1. The molecule has 1 aromatic carbocycles. The molecule has 1 aliphatic heterocycles. The molecular formula is C16H19ClN2O3S. The number of esters is 1. The molecule has 0 spiro atoms. The van der Waals surface area contributed by atoms with Gasteiger partial charge in [-0.05, 0) is 30.8 Å². The molecule has 124 valence electrons. The van der Waals surface area contributed by atoms with Gasteiger partial charge < -0.3 is 19.7 Å². The van der Waals surface area contributed by atoms with Crippen molar-refractivity contribution < 1.29 is 14.3 Å². The molecule has 5 nitrogen and oxygen atoms in total. The molecule has 0 aliphatic carbocycles. The lowest BCUT2D eigenvalue weighted by Crippen LogP contribution is -2.46. The molecule has 1 atom stereocenters. The van der Waals surface area contributed by atoms with Crippen LogP contribution in [0.5, 0.6) is 0 Å². The lowest BCUT2D eigenvalue weighted by atomic mass is 9.95. The largest absolute Gasteiger partial charge is 0.460 e. The molecule has 0 bridgehead atoms. The van der Waals surface area contributed by atoms with Gasteiger partial charge in [0.2, 0.25) is 0 Å². The van der Waals surface area contributed by atoms with Gasteiger partial charge in [0.05, 0.1) is 18.2 Å². The molecule has 1 heterocycles. The molecule has 1 N–H and O–H groups in total. The lowest BCUT2D eigenvalue weighted by molar-refractivity contribution is -0.140. The van der Waals surface area contributed by atoms with Gasteiger partial charge in [0.15, 0.2) is 5.11 Å². The number of allylic oxidation sites excluding steroid dienone is 1. The highest BCUT2D eigenvalue weighted by Crippen LogP contribution is 2.34. The Balaban J connectivity index is 2.40. The third kappa shape index (κ3) is 3.83. The molecule has 0 fully saturated rings. The Morgan fingerprint density at radius 1 is 1.39 bits per heavy atom. The predicted molar refractivity (Wildman–Crippen MR) is 93.2 cm³/mol. The standard InChI is InChI=1S/C16H19ClN2O3S/c1-10-13(15(20)22-9-8-21-3)14(18-16(23)19(10)2)11-6-4-5-7-12(11)17/h4-7,14H,8-9H2,1-3H3,(H,18,23)/t14-/m1/s1. The fourth-order valence-corrected chi connectivity index (χ4v) is 2.84. The number of ether oxygens (including phenoxy) is 2. The quantitative estimate of drug-likeness (QED) is 0.498. The van der Waals surface area contributed by atoms with Crippen molar-refractivity contribution >= 4 is 34.9 Å². The second-order valence-electron chi connectivity index (χ2n) is 5.09. The number of hydrogen-bond acceptors (Lipinski definition) is 4. The van der Waals surface area contributed by atoms with Crippen LogP contribution in [-0.4, -0.2) is 43.4 Å². The highest BCUT2D eigenvalue weighted by Gasteiger charge is 2.34. The molecule has 0 aromatic heterocycles. The summed E-state index contributed by atoms with van der Waals surface area (Å²) in [4.78, 5) is 14.3.